The van der Waals surface area contributed by atoms with Crippen molar-refractivity contribution >= 4 is 64.5 Å². The van der Waals surface area contributed by atoms with E-state index in [0.29, 0.717) is 41.3 Å². The van der Waals surface area contributed by atoms with Crippen molar-refractivity contribution in [1.82, 2.24) is 20.3 Å². The number of hydrogen-bond donors (Lipinski definition) is 3. The summed E-state index contributed by atoms with van der Waals surface area (Å²) in [6.07, 6.45) is -1.19. The van der Waals surface area contributed by atoms with Gasteiger partial charge in [-0.15, -0.1) is 25.3 Å². The Kier molecular flexibility index (Phi) is 7.95. The first-order valence-electron chi connectivity index (χ1n) is 12.7. The molecule has 224 valence electrons. The number of nitrogens with one attached hydrogen (secondary N) is 1. The second-order valence-corrected chi connectivity index (χ2v) is 12.7. The largest absolute Gasteiger partial charge is 0.488 e. The van der Waals surface area contributed by atoms with E-state index in [2.05, 4.69) is 45.5 Å². The zero-order valence-electron chi connectivity index (χ0n) is 21.8. The molecule has 5 heterocycles. The third kappa shape index (κ3) is 5.75. The van der Waals surface area contributed by atoms with E-state index in [1.807, 2.05) is 0 Å². The first-order valence-corrected chi connectivity index (χ1v) is 14.8. The maximum Gasteiger partial charge on any atom is 0.280 e. The standard InChI is InChI=1S/C27H21F4N5O4S3/c28-16-7-14(8-20-23(16)27(41,42)40-12-21(29)43(20)38)26(37)33-11-15-9-18-13(10-32-15)1-4-22(34-18)36-5-6-39-19-3-2-17(24(30)31)35-25(19)36/h1-4,7-10,21,24,41-42H,5-6,11-12H2,(H,33,37). The van der Waals surface area contributed by atoms with Crippen LogP contribution in [0.3, 0.4) is 0 Å². The maximum atomic E-state index is 15.1. The van der Waals surface area contributed by atoms with Crippen LogP contribution >= 0.6 is 25.3 Å². The van der Waals surface area contributed by atoms with Crippen LogP contribution in [-0.2, 0) is 26.3 Å². The molecule has 1 amide bonds. The van der Waals surface area contributed by atoms with Gasteiger partial charge in [-0.05, 0) is 42.5 Å². The lowest BCUT2D eigenvalue weighted by Gasteiger charge is -2.29. The van der Waals surface area contributed by atoms with E-state index < -0.39 is 45.3 Å². The van der Waals surface area contributed by atoms with Crippen molar-refractivity contribution in [2.24, 2.45) is 0 Å². The van der Waals surface area contributed by atoms with E-state index in [0.717, 1.165) is 12.1 Å². The Labute approximate surface area is 255 Å². The Hall–Kier alpha value is -3.47. The van der Waals surface area contributed by atoms with Gasteiger partial charge in [-0.2, -0.15) is 0 Å². The van der Waals surface area contributed by atoms with Gasteiger partial charge in [0.25, 0.3) is 12.3 Å². The normalized spacial score (nSPS) is 19.4. The third-order valence-electron chi connectivity index (χ3n) is 6.74. The predicted octanol–water partition coefficient (Wildman–Crippen LogP) is 4.97. The molecule has 9 nitrogen and oxygen atoms in total. The van der Waals surface area contributed by atoms with Gasteiger partial charge in [-0.3, -0.25) is 14.0 Å². The summed E-state index contributed by atoms with van der Waals surface area (Å²) in [5, 5.41) is 3.30. The molecule has 16 heteroatoms. The number of anilines is 2. The molecule has 43 heavy (non-hydrogen) atoms. The summed E-state index contributed by atoms with van der Waals surface area (Å²) in [5.74, 6) is -0.666. The molecule has 2 atom stereocenters. The van der Waals surface area contributed by atoms with Crippen molar-refractivity contribution in [3.05, 3.63) is 77.0 Å². The molecule has 0 bridgehead atoms. The second kappa shape index (κ2) is 11.6. The quantitative estimate of drug-likeness (QED) is 0.158. The predicted molar refractivity (Wildman–Crippen MR) is 156 cm³/mol. The van der Waals surface area contributed by atoms with Crippen molar-refractivity contribution in [1.29, 1.82) is 0 Å². The number of aromatic nitrogens is 3. The summed E-state index contributed by atoms with van der Waals surface area (Å²) in [6, 6.07) is 9.82. The fraction of sp³-hybridized carbons (Fsp3) is 0.259. The van der Waals surface area contributed by atoms with Crippen molar-refractivity contribution < 1.29 is 36.0 Å². The van der Waals surface area contributed by atoms with Crippen LogP contribution in [-0.4, -0.2) is 50.3 Å². The summed E-state index contributed by atoms with van der Waals surface area (Å²) >= 11 is 8.26. The number of rotatable bonds is 5. The van der Waals surface area contributed by atoms with Crippen LogP contribution in [0.2, 0.25) is 0 Å². The number of carbonyl (C=O) groups excluding carboxylic acids is 1. The first kappa shape index (κ1) is 29.6. The minimum Gasteiger partial charge on any atom is -0.488 e. The van der Waals surface area contributed by atoms with Gasteiger partial charge in [0, 0.05) is 17.1 Å². The summed E-state index contributed by atoms with van der Waals surface area (Å²) in [4.78, 5) is 27.4. The first-order chi connectivity index (χ1) is 20.5. The van der Waals surface area contributed by atoms with Gasteiger partial charge >= 0.3 is 0 Å². The Morgan fingerprint density at radius 1 is 1.19 bits per heavy atom. The fourth-order valence-electron chi connectivity index (χ4n) is 4.66. The van der Waals surface area contributed by atoms with Crippen LogP contribution in [0.15, 0.2) is 53.6 Å². The van der Waals surface area contributed by atoms with Gasteiger partial charge < -0.3 is 19.7 Å². The molecule has 4 aromatic rings. The Morgan fingerprint density at radius 2 is 2.00 bits per heavy atom. The lowest BCUT2D eigenvalue weighted by Crippen LogP contribution is -2.30. The van der Waals surface area contributed by atoms with Crippen molar-refractivity contribution in [2.75, 3.05) is 24.7 Å². The zero-order valence-corrected chi connectivity index (χ0v) is 24.4. The molecule has 3 aromatic heterocycles. The molecular weight excluding hydrogens is 631 g/mol. The number of thiol groups is 2. The summed E-state index contributed by atoms with van der Waals surface area (Å²) in [7, 11) is -2.32. The number of pyridine rings is 3. The number of fused-ring (bicyclic) bond motifs is 3. The molecule has 2 unspecified atom stereocenters. The molecule has 1 aromatic carbocycles. The van der Waals surface area contributed by atoms with E-state index >= 15 is 4.39 Å². The van der Waals surface area contributed by atoms with Crippen LogP contribution in [0.4, 0.5) is 29.2 Å². The number of benzene rings is 1. The molecule has 0 fully saturated rings. The van der Waals surface area contributed by atoms with E-state index in [4.69, 9.17) is 9.47 Å². The Balaban J connectivity index is 1.24. The smallest absolute Gasteiger partial charge is 0.280 e. The molecule has 2 aliphatic heterocycles. The molecule has 0 spiro atoms. The minimum absolute atomic E-state index is 0.0832. The Bertz CT molecular complexity index is 1780. The average Bonchev–Trinajstić information content (AvgIpc) is 3.08. The SMILES string of the molecule is O=C(NCc1cc2nc(N3CCOc4ccc(C(F)F)nc43)ccc2cn1)c1cc(F)c2c(c1)S(=O)C(F)COC2(S)S. The lowest BCUT2D eigenvalue weighted by molar-refractivity contribution is 0.0698. The Morgan fingerprint density at radius 3 is 2.79 bits per heavy atom. The maximum absolute atomic E-state index is 15.1. The minimum atomic E-state index is -2.75. The molecule has 0 saturated carbocycles. The number of amides is 1. The summed E-state index contributed by atoms with van der Waals surface area (Å²) < 4.78 is 77.5. The van der Waals surface area contributed by atoms with Crippen LogP contribution < -0.4 is 15.0 Å². The highest BCUT2D eigenvalue weighted by Crippen LogP contribution is 2.43. The second-order valence-electron chi connectivity index (χ2n) is 9.54. The zero-order chi connectivity index (χ0) is 30.5. The van der Waals surface area contributed by atoms with Crippen LogP contribution in [0, 0.1) is 5.82 Å². The van der Waals surface area contributed by atoms with Gasteiger partial charge in [0.1, 0.15) is 23.9 Å². The molecule has 6 rings (SSSR count). The van der Waals surface area contributed by atoms with Gasteiger partial charge in [0.2, 0.25) is 5.50 Å². The highest BCUT2D eigenvalue weighted by molar-refractivity contribution is 7.99. The van der Waals surface area contributed by atoms with Crippen molar-refractivity contribution in [3.63, 3.8) is 0 Å². The summed E-state index contributed by atoms with van der Waals surface area (Å²) in [5.41, 5.74) is -1.95. The van der Waals surface area contributed by atoms with Gasteiger partial charge in [-0.25, -0.2) is 27.5 Å². The highest BCUT2D eigenvalue weighted by Gasteiger charge is 2.39. The number of carbonyl (C=O) groups is 1. The number of hydrogen-bond acceptors (Lipinski definition) is 10. The topological polar surface area (TPSA) is 107 Å². The van der Waals surface area contributed by atoms with Gasteiger partial charge in [0.05, 0.1) is 52.2 Å². The number of alkyl halides is 3. The lowest BCUT2D eigenvalue weighted by atomic mass is 10.1. The number of nitrogens with zero attached hydrogens (tertiary/aromatic N) is 4. The number of ether oxygens (including phenoxy) is 2. The highest BCUT2D eigenvalue weighted by atomic mass is 32.2. The monoisotopic (exact) mass is 651 g/mol. The third-order valence-corrected chi connectivity index (χ3v) is 8.80. The van der Waals surface area contributed by atoms with E-state index in [9.17, 15) is 22.2 Å². The average molecular weight is 652 g/mol. The molecule has 0 saturated heterocycles. The van der Waals surface area contributed by atoms with Crippen LogP contribution in [0.5, 0.6) is 5.75 Å². The van der Waals surface area contributed by atoms with Crippen LogP contribution in [0.1, 0.15) is 33.7 Å². The molecule has 0 aliphatic carbocycles. The fourth-order valence-corrected chi connectivity index (χ4v) is 6.57. The number of halogens is 4. The van der Waals surface area contributed by atoms with Gasteiger partial charge in [-0.1, -0.05) is 0 Å². The summed E-state index contributed by atoms with van der Waals surface area (Å²) in [6.45, 7) is -0.0723. The van der Waals surface area contributed by atoms with Crippen LogP contribution in [0.25, 0.3) is 10.9 Å². The molecule has 0 radical (unpaired) electrons. The van der Waals surface area contributed by atoms with E-state index in [1.54, 1.807) is 29.3 Å². The molecule has 2 aliphatic rings. The molecular formula is C27H21F4N5O4S3. The van der Waals surface area contributed by atoms with E-state index in [1.165, 1.54) is 12.1 Å². The van der Waals surface area contributed by atoms with Gasteiger partial charge in [0.15, 0.2) is 15.8 Å². The van der Waals surface area contributed by atoms with E-state index in [-0.39, 0.29) is 34.1 Å². The van der Waals surface area contributed by atoms with Crippen molar-refractivity contribution in [2.45, 2.75) is 27.6 Å². The molecule has 1 N–H and O–H groups in total. The van der Waals surface area contributed by atoms with Crippen molar-refractivity contribution in [3.8, 4) is 5.75 Å².